The second-order valence-electron chi connectivity index (χ2n) is 6.82. The van der Waals surface area contributed by atoms with Gasteiger partial charge in [0.15, 0.2) is 0 Å². The van der Waals surface area contributed by atoms with Crippen molar-refractivity contribution in [2.24, 2.45) is 0 Å². The van der Waals surface area contributed by atoms with E-state index in [4.69, 9.17) is 0 Å². The molecule has 29 heavy (non-hydrogen) atoms. The van der Waals surface area contributed by atoms with Gasteiger partial charge < -0.3 is 21.1 Å². The van der Waals surface area contributed by atoms with Gasteiger partial charge in [0.1, 0.15) is 11.8 Å². The molecule has 0 unspecified atom stereocenters. The van der Waals surface area contributed by atoms with Crippen molar-refractivity contribution in [1.82, 2.24) is 16.0 Å². The molecule has 0 aliphatic carbocycles. The van der Waals surface area contributed by atoms with Crippen molar-refractivity contribution in [1.29, 1.82) is 0 Å². The van der Waals surface area contributed by atoms with Gasteiger partial charge in [0, 0.05) is 6.54 Å². The third-order valence-electron chi connectivity index (χ3n) is 4.58. The minimum absolute atomic E-state index is 0. The summed E-state index contributed by atoms with van der Waals surface area (Å²) in [6.07, 6.45) is 2.21. The number of nitrogens with one attached hydrogen (secondary N) is 3. The lowest BCUT2D eigenvalue weighted by atomic mass is 10.0. The summed E-state index contributed by atoms with van der Waals surface area (Å²) in [5.74, 6) is -0.241. The van der Waals surface area contributed by atoms with E-state index in [9.17, 15) is 14.7 Å². The molecular formula is C22H30ClN3O3. The van der Waals surface area contributed by atoms with Crippen molar-refractivity contribution in [3.8, 4) is 5.75 Å². The Labute approximate surface area is 178 Å². The first kappa shape index (κ1) is 24.5. The molecule has 2 aromatic rings. The molecule has 2 atom stereocenters. The molecule has 4 N–H and O–H groups in total. The number of phenolic OH excluding ortho intramolecular Hbond substituents is 1. The fourth-order valence-electron chi connectivity index (χ4n) is 2.87. The van der Waals surface area contributed by atoms with Crippen molar-refractivity contribution in [3.05, 3.63) is 65.7 Å². The number of hydrogen-bond donors (Lipinski definition) is 4. The van der Waals surface area contributed by atoms with Gasteiger partial charge >= 0.3 is 0 Å². The van der Waals surface area contributed by atoms with Gasteiger partial charge in [-0.15, -0.1) is 12.4 Å². The number of halogens is 1. The van der Waals surface area contributed by atoms with Crippen LogP contribution in [0.3, 0.4) is 0 Å². The van der Waals surface area contributed by atoms with Crippen LogP contribution < -0.4 is 16.0 Å². The van der Waals surface area contributed by atoms with Gasteiger partial charge in [0.05, 0.1) is 6.04 Å². The molecule has 2 amide bonds. The van der Waals surface area contributed by atoms with Crippen molar-refractivity contribution >= 4 is 24.2 Å². The average molecular weight is 420 g/mol. The van der Waals surface area contributed by atoms with Gasteiger partial charge in [-0.05, 0) is 56.5 Å². The monoisotopic (exact) mass is 419 g/mol. The first-order valence-electron chi connectivity index (χ1n) is 9.56. The quantitative estimate of drug-likeness (QED) is 0.444. The number of benzene rings is 2. The maximum Gasteiger partial charge on any atom is 0.242 e. The number of likely N-dealkylation sites (N-methyl/N-ethyl adjacent to an activating group) is 1. The SMILES string of the molecule is CN[C@@H](Cc1ccc(O)cc1)C(=O)N[C@H](C)C(=O)NCCCc1ccccc1.Cl. The van der Waals surface area contributed by atoms with Crippen molar-refractivity contribution in [3.63, 3.8) is 0 Å². The fraction of sp³-hybridized carbons (Fsp3) is 0.364. The lowest BCUT2D eigenvalue weighted by Gasteiger charge is -2.20. The van der Waals surface area contributed by atoms with Crippen LogP contribution in [0.2, 0.25) is 0 Å². The summed E-state index contributed by atoms with van der Waals surface area (Å²) in [7, 11) is 1.71. The van der Waals surface area contributed by atoms with Gasteiger partial charge in [-0.1, -0.05) is 42.5 Å². The minimum atomic E-state index is -0.611. The van der Waals surface area contributed by atoms with E-state index in [1.807, 2.05) is 18.2 Å². The summed E-state index contributed by atoms with van der Waals surface area (Å²) in [6.45, 7) is 2.24. The number of carbonyl (C=O) groups excluding carboxylic acids is 2. The van der Waals surface area contributed by atoms with Gasteiger partial charge in [0.25, 0.3) is 0 Å². The summed E-state index contributed by atoms with van der Waals surface area (Å²) in [5, 5.41) is 18.0. The van der Waals surface area contributed by atoms with Gasteiger partial charge in [-0.2, -0.15) is 0 Å². The Kier molecular flexibility index (Phi) is 10.8. The molecule has 0 saturated heterocycles. The zero-order chi connectivity index (χ0) is 20.4. The zero-order valence-corrected chi connectivity index (χ0v) is 17.7. The Bertz CT molecular complexity index is 754. The predicted octanol–water partition coefficient (Wildman–Crippen LogP) is 2.20. The van der Waals surface area contributed by atoms with Crippen LogP contribution in [0.5, 0.6) is 5.75 Å². The molecule has 0 spiro atoms. The second-order valence-corrected chi connectivity index (χ2v) is 6.82. The Morgan fingerprint density at radius 2 is 1.62 bits per heavy atom. The van der Waals surface area contributed by atoms with E-state index in [-0.39, 0.29) is 30.0 Å². The molecule has 7 heteroatoms. The summed E-state index contributed by atoms with van der Waals surface area (Å²) in [5.41, 5.74) is 2.16. The molecule has 2 aromatic carbocycles. The van der Waals surface area contributed by atoms with E-state index in [2.05, 4.69) is 28.1 Å². The summed E-state index contributed by atoms with van der Waals surface area (Å²) in [6, 6.07) is 15.8. The summed E-state index contributed by atoms with van der Waals surface area (Å²) >= 11 is 0. The lowest BCUT2D eigenvalue weighted by molar-refractivity contribution is -0.129. The molecule has 6 nitrogen and oxygen atoms in total. The maximum absolute atomic E-state index is 12.5. The molecule has 0 saturated carbocycles. The van der Waals surface area contributed by atoms with Crippen molar-refractivity contribution in [2.75, 3.05) is 13.6 Å². The smallest absolute Gasteiger partial charge is 0.242 e. The summed E-state index contributed by atoms with van der Waals surface area (Å²) < 4.78 is 0. The Morgan fingerprint density at radius 1 is 0.966 bits per heavy atom. The normalized spacial score (nSPS) is 12.3. The standard InChI is InChI=1S/C22H29N3O3.ClH/c1-16(21(27)24-14-6-9-17-7-4-3-5-8-17)25-22(28)20(23-2)15-18-10-12-19(26)13-11-18;/h3-5,7-8,10-13,16,20,23,26H,6,9,14-15H2,1-2H3,(H,24,27)(H,25,28);1H/t16-,20+;/m1./s1. The van der Waals surface area contributed by atoms with Crippen LogP contribution in [-0.2, 0) is 22.4 Å². The molecule has 0 aliphatic heterocycles. The number of rotatable bonds is 10. The second kappa shape index (κ2) is 12.8. The van der Waals surface area contributed by atoms with Crippen molar-refractivity contribution in [2.45, 2.75) is 38.3 Å². The van der Waals surface area contributed by atoms with E-state index in [1.54, 1.807) is 38.2 Å². The Balaban J connectivity index is 0.00000420. The Hall–Kier alpha value is -2.57. The van der Waals surface area contributed by atoms with E-state index in [1.165, 1.54) is 5.56 Å². The number of aromatic hydroxyl groups is 1. The highest BCUT2D eigenvalue weighted by Crippen LogP contribution is 2.11. The average Bonchev–Trinajstić information content (AvgIpc) is 2.71. The zero-order valence-electron chi connectivity index (χ0n) is 16.9. The van der Waals surface area contributed by atoms with Crippen LogP contribution in [-0.4, -0.2) is 42.6 Å². The highest BCUT2D eigenvalue weighted by Gasteiger charge is 2.21. The van der Waals surface area contributed by atoms with Crippen molar-refractivity contribution < 1.29 is 14.7 Å². The molecule has 0 radical (unpaired) electrons. The topological polar surface area (TPSA) is 90.5 Å². The molecule has 2 rings (SSSR count). The number of phenols is 1. The highest BCUT2D eigenvalue weighted by atomic mass is 35.5. The first-order valence-corrected chi connectivity index (χ1v) is 9.56. The van der Waals surface area contributed by atoms with Crippen LogP contribution in [0.15, 0.2) is 54.6 Å². The third-order valence-corrected chi connectivity index (χ3v) is 4.58. The largest absolute Gasteiger partial charge is 0.508 e. The van der Waals surface area contributed by atoms with Crippen LogP contribution in [0.4, 0.5) is 0 Å². The van der Waals surface area contributed by atoms with E-state index < -0.39 is 12.1 Å². The van der Waals surface area contributed by atoms with E-state index in [0.29, 0.717) is 13.0 Å². The first-order chi connectivity index (χ1) is 13.5. The van der Waals surface area contributed by atoms with Gasteiger partial charge in [-0.25, -0.2) is 0 Å². The lowest BCUT2D eigenvalue weighted by Crippen LogP contribution is -2.51. The molecule has 158 valence electrons. The number of hydrogen-bond acceptors (Lipinski definition) is 4. The molecule has 0 aliphatic rings. The minimum Gasteiger partial charge on any atom is -0.508 e. The van der Waals surface area contributed by atoms with E-state index >= 15 is 0 Å². The third kappa shape index (κ3) is 8.54. The Morgan fingerprint density at radius 3 is 2.24 bits per heavy atom. The molecule has 0 heterocycles. The van der Waals surface area contributed by atoms with Crippen LogP contribution >= 0.6 is 12.4 Å². The van der Waals surface area contributed by atoms with Gasteiger partial charge in [0.2, 0.25) is 11.8 Å². The predicted molar refractivity (Wildman–Crippen MR) is 117 cm³/mol. The van der Waals surface area contributed by atoms with Crippen LogP contribution in [0.1, 0.15) is 24.5 Å². The maximum atomic E-state index is 12.5. The molecule has 0 fully saturated rings. The van der Waals surface area contributed by atoms with E-state index in [0.717, 1.165) is 18.4 Å². The fourth-order valence-corrected chi connectivity index (χ4v) is 2.87. The van der Waals surface area contributed by atoms with Crippen LogP contribution in [0.25, 0.3) is 0 Å². The number of aryl methyl sites for hydroxylation is 1. The molecular weight excluding hydrogens is 390 g/mol. The van der Waals surface area contributed by atoms with Crippen LogP contribution in [0, 0.1) is 0 Å². The number of carbonyl (C=O) groups is 2. The highest BCUT2D eigenvalue weighted by molar-refractivity contribution is 5.89. The summed E-state index contributed by atoms with van der Waals surface area (Å²) in [4.78, 5) is 24.7. The molecule has 0 bridgehead atoms. The van der Waals surface area contributed by atoms with Gasteiger partial charge in [-0.3, -0.25) is 9.59 Å². The molecule has 0 aromatic heterocycles. The number of amides is 2.